The number of hydrogen-bond donors (Lipinski definition) is 0. The van der Waals surface area contributed by atoms with Crippen LogP contribution in [0, 0.1) is 17.1 Å². The van der Waals surface area contributed by atoms with Gasteiger partial charge in [-0.1, -0.05) is 12.1 Å². The molecule has 6 heteroatoms. The highest BCUT2D eigenvalue weighted by Gasteiger charge is 2.39. The van der Waals surface area contributed by atoms with Gasteiger partial charge in [-0.2, -0.15) is 5.26 Å². The molecule has 0 radical (unpaired) electrons. The zero-order valence-electron chi connectivity index (χ0n) is 15.3. The third-order valence-corrected chi connectivity index (χ3v) is 5.64. The van der Waals surface area contributed by atoms with Gasteiger partial charge in [-0.25, -0.2) is 9.37 Å². The lowest BCUT2D eigenvalue weighted by Gasteiger charge is -2.40. The van der Waals surface area contributed by atoms with Crippen LogP contribution in [-0.4, -0.2) is 55.8 Å². The Labute approximate surface area is 159 Å². The Morgan fingerprint density at radius 3 is 2.67 bits per heavy atom. The van der Waals surface area contributed by atoms with Crippen LogP contribution in [0.1, 0.15) is 17.5 Å². The van der Waals surface area contributed by atoms with Gasteiger partial charge in [0.1, 0.15) is 17.7 Å². The minimum absolute atomic E-state index is 0.128. The summed E-state index contributed by atoms with van der Waals surface area (Å²) in [6.07, 6.45) is 2.55. The van der Waals surface area contributed by atoms with Gasteiger partial charge >= 0.3 is 0 Å². The van der Waals surface area contributed by atoms with Gasteiger partial charge in [0, 0.05) is 50.9 Å². The van der Waals surface area contributed by atoms with Gasteiger partial charge in [-0.15, -0.1) is 0 Å². The number of piperazine rings is 1. The van der Waals surface area contributed by atoms with E-state index in [4.69, 9.17) is 10.00 Å². The van der Waals surface area contributed by atoms with E-state index in [0.717, 1.165) is 57.1 Å². The number of hydrogen-bond acceptors (Lipinski definition) is 5. The number of halogens is 1. The third-order valence-electron chi connectivity index (χ3n) is 5.64. The second kappa shape index (κ2) is 7.63. The lowest BCUT2D eigenvalue weighted by Crippen LogP contribution is -2.51. The van der Waals surface area contributed by atoms with Crippen LogP contribution in [0.25, 0.3) is 0 Å². The van der Waals surface area contributed by atoms with Crippen LogP contribution in [0.15, 0.2) is 42.6 Å². The van der Waals surface area contributed by atoms with Gasteiger partial charge in [0.25, 0.3) is 0 Å². The van der Waals surface area contributed by atoms with E-state index in [1.165, 1.54) is 6.07 Å². The summed E-state index contributed by atoms with van der Waals surface area (Å²) >= 11 is 0. The Kier molecular flexibility index (Phi) is 5.06. The number of pyridine rings is 1. The number of ether oxygens (including phenoxy) is 1. The quantitative estimate of drug-likeness (QED) is 0.832. The fourth-order valence-electron chi connectivity index (χ4n) is 4.07. The molecular formula is C21H23FN4O. The predicted molar refractivity (Wildman–Crippen MR) is 101 cm³/mol. The first-order chi connectivity index (χ1) is 13.2. The van der Waals surface area contributed by atoms with E-state index in [9.17, 15) is 4.39 Å². The van der Waals surface area contributed by atoms with E-state index in [2.05, 4.69) is 20.9 Å². The zero-order valence-corrected chi connectivity index (χ0v) is 15.3. The highest BCUT2D eigenvalue weighted by atomic mass is 19.1. The molecule has 1 unspecified atom stereocenters. The fourth-order valence-corrected chi connectivity index (χ4v) is 4.07. The number of rotatable bonds is 4. The van der Waals surface area contributed by atoms with E-state index < -0.39 is 0 Å². The standard InChI is InChI=1S/C21H23FN4O/c22-19-3-1-2-18(12-19)21(6-11-27-16-21)15-25-7-9-26(10-8-25)20-5-4-17(13-23)14-24-20/h1-5,12,14H,6-11,15-16H2. The molecule has 2 saturated heterocycles. The molecule has 0 amide bonds. The van der Waals surface area contributed by atoms with Crippen molar-refractivity contribution in [3.8, 4) is 6.07 Å². The van der Waals surface area contributed by atoms with E-state index in [0.29, 0.717) is 12.2 Å². The largest absolute Gasteiger partial charge is 0.380 e. The van der Waals surface area contributed by atoms with Crippen LogP contribution in [0.4, 0.5) is 10.2 Å². The van der Waals surface area contributed by atoms with Crippen molar-refractivity contribution in [3.63, 3.8) is 0 Å². The number of nitriles is 1. The average Bonchev–Trinajstić information content (AvgIpc) is 3.18. The van der Waals surface area contributed by atoms with Crippen molar-refractivity contribution in [2.75, 3.05) is 50.8 Å². The molecule has 1 aromatic carbocycles. The molecule has 1 atom stereocenters. The van der Waals surface area contributed by atoms with E-state index in [1.54, 1.807) is 18.3 Å². The summed E-state index contributed by atoms with van der Waals surface area (Å²) in [5.74, 6) is 0.730. The monoisotopic (exact) mass is 366 g/mol. The lowest BCUT2D eigenvalue weighted by atomic mass is 9.79. The maximum Gasteiger partial charge on any atom is 0.128 e. The summed E-state index contributed by atoms with van der Waals surface area (Å²) < 4.78 is 19.5. The first-order valence-corrected chi connectivity index (χ1v) is 9.36. The lowest BCUT2D eigenvalue weighted by molar-refractivity contribution is 0.146. The van der Waals surface area contributed by atoms with E-state index in [1.807, 2.05) is 18.2 Å². The molecule has 2 aromatic rings. The summed E-state index contributed by atoms with van der Waals surface area (Å²) in [6, 6.07) is 12.8. The second-order valence-electron chi connectivity index (χ2n) is 7.37. The molecular weight excluding hydrogens is 343 g/mol. The minimum Gasteiger partial charge on any atom is -0.380 e. The van der Waals surface area contributed by atoms with Gasteiger partial charge in [-0.3, -0.25) is 4.90 Å². The predicted octanol–water partition coefficient (Wildman–Crippen LogP) is 2.57. The smallest absolute Gasteiger partial charge is 0.128 e. The Balaban J connectivity index is 1.42. The number of anilines is 1. The Morgan fingerprint density at radius 1 is 1.19 bits per heavy atom. The molecule has 4 rings (SSSR count). The maximum absolute atomic E-state index is 13.8. The molecule has 3 heterocycles. The molecule has 5 nitrogen and oxygen atoms in total. The van der Waals surface area contributed by atoms with Crippen molar-refractivity contribution in [1.82, 2.24) is 9.88 Å². The van der Waals surface area contributed by atoms with Gasteiger partial charge in [0.05, 0.1) is 12.2 Å². The summed E-state index contributed by atoms with van der Waals surface area (Å²) in [5.41, 5.74) is 1.49. The van der Waals surface area contributed by atoms with Crippen LogP contribution >= 0.6 is 0 Å². The number of aromatic nitrogens is 1. The van der Waals surface area contributed by atoms with Crippen LogP contribution < -0.4 is 4.90 Å². The molecule has 0 spiro atoms. The van der Waals surface area contributed by atoms with Gasteiger partial charge < -0.3 is 9.64 Å². The zero-order chi connectivity index (χ0) is 18.7. The van der Waals surface area contributed by atoms with Crippen LogP contribution in [-0.2, 0) is 10.2 Å². The number of benzene rings is 1. The number of nitrogens with zero attached hydrogens (tertiary/aromatic N) is 4. The normalized spacial score (nSPS) is 23.3. The Bertz CT molecular complexity index is 819. The molecule has 0 bridgehead atoms. The van der Waals surface area contributed by atoms with E-state index >= 15 is 0 Å². The fraction of sp³-hybridized carbons (Fsp3) is 0.429. The SMILES string of the molecule is N#Cc1ccc(N2CCN(CC3(c4cccc(F)c4)CCOC3)CC2)nc1. The molecule has 0 aliphatic carbocycles. The molecule has 140 valence electrons. The first-order valence-electron chi connectivity index (χ1n) is 9.36. The average molecular weight is 366 g/mol. The van der Waals surface area contributed by atoms with Gasteiger partial charge in [0.15, 0.2) is 0 Å². The van der Waals surface area contributed by atoms with Crippen molar-refractivity contribution < 1.29 is 9.13 Å². The maximum atomic E-state index is 13.8. The molecule has 2 aliphatic heterocycles. The third kappa shape index (κ3) is 3.80. The first kappa shape index (κ1) is 17.9. The highest BCUT2D eigenvalue weighted by Crippen LogP contribution is 2.35. The molecule has 0 saturated carbocycles. The molecule has 0 N–H and O–H groups in total. The van der Waals surface area contributed by atoms with Crippen LogP contribution in [0.5, 0.6) is 0 Å². The van der Waals surface area contributed by atoms with Crippen molar-refractivity contribution in [2.45, 2.75) is 11.8 Å². The molecule has 2 aliphatic rings. The summed E-state index contributed by atoms with van der Waals surface area (Å²) in [7, 11) is 0. The van der Waals surface area contributed by atoms with Gasteiger partial charge in [0.2, 0.25) is 0 Å². The van der Waals surface area contributed by atoms with Crippen LogP contribution in [0.3, 0.4) is 0 Å². The van der Waals surface area contributed by atoms with Crippen LogP contribution in [0.2, 0.25) is 0 Å². The topological polar surface area (TPSA) is 52.4 Å². The Hall–Kier alpha value is -2.49. The molecule has 2 fully saturated rings. The van der Waals surface area contributed by atoms with Crippen molar-refractivity contribution in [1.29, 1.82) is 5.26 Å². The summed E-state index contributed by atoms with van der Waals surface area (Å²) in [5, 5.41) is 8.90. The molecule has 1 aromatic heterocycles. The summed E-state index contributed by atoms with van der Waals surface area (Å²) in [4.78, 5) is 9.09. The van der Waals surface area contributed by atoms with Crippen molar-refractivity contribution >= 4 is 5.82 Å². The molecule has 27 heavy (non-hydrogen) atoms. The van der Waals surface area contributed by atoms with Crippen molar-refractivity contribution in [3.05, 3.63) is 59.5 Å². The Morgan fingerprint density at radius 2 is 2.04 bits per heavy atom. The highest BCUT2D eigenvalue weighted by molar-refractivity contribution is 5.42. The second-order valence-corrected chi connectivity index (χ2v) is 7.37. The van der Waals surface area contributed by atoms with Crippen molar-refractivity contribution in [2.24, 2.45) is 0 Å². The summed E-state index contributed by atoms with van der Waals surface area (Å²) in [6.45, 7) is 5.89. The van der Waals surface area contributed by atoms with Gasteiger partial charge in [-0.05, 0) is 36.2 Å². The minimum atomic E-state index is -0.185. The van der Waals surface area contributed by atoms with E-state index in [-0.39, 0.29) is 11.2 Å².